The molecule has 1 aromatic carbocycles. The van der Waals surface area contributed by atoms with Crippen molar-refractivity contribution in [1.29, 1.82) is 0 Å². The number of halogens is 1. The van der Waals surface area contributed by atoms with Crippen molar-refractivity contribution in [1.82, 2.24) is 10.3 Å². The second kappa shape index (κ2) is 4.46. The molecular formula is C14H17BrN2. The molecule has 1 atom stereocenters. The van der Waals surface area contributed by atoms with Crippen LogP contribution in [-0.2, 0) is 12.8 Å². The first kappa shape index (κ1) is 11.3. The van der Waals surface area contributed by atoms with E-state index in [1.165, 1.54) is 35.9 Å². The van der Waals surface area contributed by atoms with Gasteiger partial charge in [-0.1, -0.05) is 22.0 Å². The highest BCUT2D eigenvalue weighted by Gasteiger charge is 2.21. The zero-order valence-electron chi connectivity index (χ0n) is 10.0. The van der Waals surface area contributed by atoms with Crippen LogP contribution < -0.4 is 5.32 Å². The SMILES string of the molecule is CNCC1CCc2[nH]c3cc(Br)ccc3c2C1. The molecule has 0 saturated carbocycles. The van der Waals surface area contributed by atoms with Crippen LogP contribution in [0.4, 0.5) is 0 Å². The lowest BCUT2D eigenvalue weighted by Crippen LogP contribution is -2.24. The van der Waals surface area contributed by atoms with E-state index in [4.69, 9.17) is 0 Å². The fourth-order valence-electron chi connectivity index (χ4n) is 2.93. The standard InChI is InChI=1S/C14H17BrN2/c1-16-8-9-2-5-13-12(6-9)11-4-3-10(15)7-14(11)17-13/h3-4,7,9,16-17H,2,5-6,8H2,1H3. The van der Waals surface area contributed by atoms with Gasteiger partial charge in [0.05, 0.1) is 0 Å². The molecule has 1 aliphatic carbocycles. The van der Waals surface area contributed by atoms with E-state index in [9.17, 15) is 0 Å². The molecule has 0 radical (unpaired) electrons. The Morgan fingerprint density at radius 1 is 1.47 bits per heavy atom. The van der Waals surface area contributed by atoms with Crippen LogP contribution in [0.5, 0.6) is 0 Å². The molecule has 17 heavy (non-hydrogen) atoms. The van der Waals surface area contributed by atoms with E-state index >= 15 is 0 Å². The van der Waals surface area contributed by atoms with Crippen LogP contribution >= 0.6 is 15.9 Å². The number of aryl methyl sites for hydroxylation is 1. The van der Waals surface area contributed by atoms with Gasteiger partial charge in [0, 0.05) is 21.1 Å². The van der Waals surface area contributed by atoms with E-state index in [2.05, 4.69) is 44.4 Å². The van der Waals surface area contributed by atoms with Gasteiger partial charge in [-0.3, -0.25) is 0 Å². The molecule has 0 spiro atoms. The third-order valence-electron chi connectivity index (χ3n) is 3.74. The van der Waals surface area contributed by atoms with Crippen LogP contribution in [-0.4, -0.2) is 18.6 Å². The van der Waals surface area contributed by atoms with Gasteiger partial charge in [-0.05, 0) is 56.5 Å². The number of aromatic nitrogens is 1. The van der Waals surface area contributed by atoms with Crippen LogP contribution in [0, 0.1) is 5.92 Å². The molecule has 0 bridgehead atoms. The van der Waals surface area contributed by atoms with Gasteiger partial charge in [0.25, 0.3) is 0 Å². The van der Waals surface area contributed by atoms with Crippen LogP contribution in [0.2, 0.25) is 0 Å². The van der Waals surface area contributed by atoms with Crippen molar-refractivity contribution in [2.45, 2.75) is 19.3 Å². The Morgan fingerprint density at radius 2 is 2.35 bits per heavy atom. The smallest absolute Gasteiger partial charge is 0.0470 e. The van der Waals surface area contributed by atoms with Gasteiger partial charge in [-0.25, -0.2) is 0 Å². The van der Waals surface area contributed by atoms with Gasteiger partial charge in [-0.2, -0.15) is 0 Å². The van der Waals surface area contributed by atoms with E-state index in [-0.39, 0.29) is 0 Å². The summed E-state index contributed by atoms with van der Waals surface area (Å²) in [6.45, 7) is 1.13. The molecule has 0 saturated heterocycles. The summed E-state index contributed by atoms with van der Waals surface area (Å²) in [5, 5.41) is 4.71. The Labute approximate surface area is 110 Å². The topological polar surface area (TPSA) is 27.8 Å². The largest absolute Gasteiger partial charge is 0.358 e. The van der Waals surface area contributed by atoms with Crippen molar-refractivity contribution < 1.29 is 0 Å². The average Bonchev–Trinajstić information content (AvgIpc) is 2.66. The monoisotopic (exact) mass is 292 g/mol. The van der Waals surface area contributed by atoms with Crippen molar-refractivity contribution in [3.8, 4) is 0 Å². The molecule has 1 aliphatic rings. The molecular weight excluding hydrogens is 276 g/mol. The van der Waals surface area contributed by atoms with Crippen LogP contribution in [0.25, 0.3) is 10.9 Å². The van der Waals surface area contributed by atoms with Gasteiger partial charge in [0.1, 0.15) is 0 Å². The van der Waals surface area contributed by atoms with E-state index in [0.717, 1.165) is 16.9 Å². The van der Waals surface area contributed by atoms with Crippen LogP contribution in [0.3, 0.4) is 0 Å². The molecule has 3 rings (SSSR count). The molecule has 2 N–H and O–H groups in total. The Kier molecular flexibility index (Phi) is 2.97. The molecule has 0 aliphatic heterocycles. The second-order valence-corrected chi connectivity index (χ2v) is 5.85. The zero-order valence-corrected chi connectivity index (χ0v) is 11.6. The Balaban J connectivity index is 2.03. The number of H-pyrrole nitrogens is 1. The van der Waals surface area contributed by atoms with Crippen molar-refractivity contribution in [3.05, 3.63) is 33.9 Å². The maximum absolute atomic E-state index is 3.57. The van der Waals surface area contributed by atoms with Crippen molar-refractivity contribution in [3.63, 3.8) is 0 Å². The predicted molar refractivity (Wildman–Crippen MR) is 75.4 cm³/mol. The highest BCUT2D eigenvalue weighted by Crippen LogP contribution is 2.32. The molecule has 0 fully saturated rings. The summed E-state index contributed by atoms with van der Waals surface area (Å²) in [6.07, 6.45) is 3.69. The first-order chi connectivity index (χ1) is 8.28. The number of fused-ring (bicyclic) bond motifs is 3. The summed E-state index contributed by atoms with van der Waals surface area (Å²) in [5.41, 5.74) is 4.26. The molecule has 1 aromatic heterocycles. The Bertz CT molecular complexity index is 544. The molecule has 90 valence electrons. The minimum Gasteiger partial charge on any atom is -0.358 e. The van der Waals surface area contributed by atoms with Gasteiger partial charge < -0.3 is 10.3 Å². The molecule has 3 heteroatoms. The number of hydrogen-bond donors (Lipinski definition) is 2. The second-order valence-electron chi connectivity index (χ2n) is 4.94. The summed E-state index contributed by atoms with van der Waals surface area (Å²) in [6, 6.07) is 6.55. The predicted octanol–water partition coefficient (Wildman–Crippen LogP) is 3.25. The van der Waals surface area contributed by atoms with E-state index in [0.29, 0.717) is 0 Å². The molecule has 1 heterocycles. The lowest BCUT2D eigenvalue weighted by Gasteiger charge is -2.22. The van der Waals surface area contributed by atoms with Gasteiger partial charge in [0.2, 0.25) is 0 Å². The fourth-order valence-corrected chi connectivity index (χ4v) is 3.29. The zero-order chi connectivity index (χ0) is 11.8. The Morgan fingerprint density at radius 3 is 3.18 bits per heavy atom. The Hall–Kier alpha value is -0.800. The minimum absolute atomic E-state index is 0.787. The molecule has 1 unspecified atom stereocenters. The molecule has 2 nitrogen and oxygen atoms in total. The van der Waals surface area contributed by atoms with Gasteiger partial charge in [0.15, 0.2) is 0 Å². The molecule has 2 aromatic rings. The maximum atomic E-state index is 3.57. The third kappa shape index (κ3) is 2.02. The summed E-state index contributed by atoms with van der Waals surface area (Å²) in [5.74, 6) is 0.787. The van der Waals surface area contributed by atoms with Crippen molar-refractivity contribution in [2.24, 2.45) is 5.92 Å². The number of rotatable bonds is 2. The van der Waals surface area contributed by atoms with Crippen LogP contribution in [0.15, 0.2) is 22.7 Å². The minimum atomic E-state index is 0.787. The lowest BCUT2D eigenvalue weighted by molar-refractivity contribution is 0.439. The van der Waals surface area contributed by atoms with Crippen molar-refractivity contribution >= 4 is 26.8 Å². The summed E-state index contributed by atoms with van der Waals surface area (Å²) >= 11 is 3.53. The van der Waals surface area contributed by atoms with E-state index in [1.807, 2.05) is 7.05 Å². The first-order valence-electron chi connectivity index (χ1n) is 6.21. The summed E-state index contributed by atoms with van der Waals surface area (Å²) in [7, 11) is 2.04. The quantitative estimate of drug-likeness (QED) is 0.874. The average molecular weight is 293 g/mol. The van der Waals surface area contributed by atoms with Crippen LogP contribution in [0.1, 0.15) is 17.7 Å². The molecule has 0 amide bonds. The fraction of sp³-hybridized carbons (Fsp3) is 0.429. The number of aromatic amines is 1. The summed E-state index contributed by atoms with van der Waals surface area (Å²) in [4.78, 5) is 3.57. The normalized spacial score (nSPS) is 19.5. The first-order valence-corrected chi connectivity index (χ1v) is 7.01. The highest BCUT2D eigenvalue weighted by molar-refractivity contribution is 9.10. The third-order valence-corrected chi connectivity index (χ3v) is 4.24. The highest BCUT2D eigenvalue weighted by atomic mass is 79.9. The van der Waals surface area contributed by atoms with Crippen molar-refractivity contribution in [2.75, 3.05) is 13.6 Å². The maximum Gasteiger partial charge on any atom is 0.0470 e. The number of nitrogens with one attached hydrogen (secondary N) is 2. The van der Waals surface area contributed by atoms with E-state index < -0.39 is 0 Å². The summed E-state index contributed by atoms with van der Waals surface area (Å²) < 4.78 is 1.15. The number of benzene rings is 1. The van der Waals surface area contributed by atoms with E-state index in [1.54, 1.807) is 5.56 Å². The van der Waals surface area contributed by atoms with Gasteiger partial charge >= 0.3 is 0 Å². The lowest BCUT2D eigenvalue weighted by atomic mass is 9.86. The van der Waals surface area contributed by atoms with Gasteiger partial charge in [-0.15, -0.1) is 0 Å². The number of hydrogen-bond acceptors (Lipinski definition) is 1.